The minimum Gasteiger partial charge on any atom is -1.00 e. The lowest BCUT2D eigenvalue weighted by Gasteiger charge is -2.21. The van der Waals surface area contributed by atoms with Crippen LogP contribution in [0.3, 0.4) is 0 Å². The highest BCUT2D eigenvalue weighted by atomic mass is 35.5. The van der Waals surface area contributed by atoms with E-state index in [0.29, 0.717) is 6.04 Å². The van der Waals surface area contributed by atoms with E-state index in [1.807, 2.05) is 0 Å². The third-order valence-corrected chi connectivity index (χ3v) is 2.65. The van der Waals surface area contributed by atoms with Crippen molar-refractivity contribution in [2.24, 2.45) is 0 Å². The van der Waals surface area contributed by atoms with Crippen molar-refractivity contribution in [3.63, 3.8) is 0 Å². The summed E-state index contributed by atoms with van der Waals surface area (Å²) in [6.45, 7) is 2.98. The molecule has 1 unspecified atom stereocenters. The molecule has 1 aromatic carbocycles. The first kappa shape index (κ1) is 11.3. The Morgan fingerprint density at radius 2 is 2.29 bits per heavy atom. The number of fused-ring (bicyclic) bond motifs is 1. The fraction of sp³-hybridized carbons (Fsp3) is 0.455. The lowest BCUT2D eigenvalue weighted by Crippen LogP contribution is -3.00. The summed E-state index contributed by atoms with van der Waals surface area (Å²) in [5, 5.41) is 0. The first-order valence-corrected chi connectivity index (χ1v) is 4.90. The fourth-order valence-electron chi connectivity index (χ4n) is 1.73. The number of halogens is 1. The number of rotatable bonds is 1. The van der Waals surface area contributed by atoms with Crippen molar-refractivity contribution in [1.29, 1.82) is 0 Å². The smallest absolute Gasteiger partial charge is 0.128 e. The summed E-state index contributed by atoms with van der Waals surface area (Å²) < 4.78 is 5.55. The van der Waals surface area contributed by atoms with Crippen LogP contribution in [0.2, 0.25) is 0 Å². The van der Waals surface area contributed by atoms with Crippen LogP contribution in [0.15, 0.2) is 18.2 Å². The highest BCUT2D eigenvalue weighted by Crippen LogP contribution is 2.30. The van der Waals surface area contributed by atoms with E-state index in [0.717, 1.165) is 25.2 Å². The summed E-state index contributed by atoms with van der Waals surface area (Å²) in [6.07, 6.45) is 2.13. The highest BCUT2D eigenvalue weighted by Gasteiger charge is 2.20. The summed E-state index contributed by atoms with van der Waals surface area (Å²) in [5.41, 5.74) is 6.79. The van der Waals surface area contributed by atoms with Crippen molar-refractivity contribution in [3.8, 4) is 5.75 Å². The fourth-order valence-corrected chi connectivity index (χ4v) is 1.73. The van der Waals surface area contributed by atoms with Crippen molar-refractivity contribution >= 4 is 0 Å². The quantitative estimate of drug-likeness (QED) is 0.595. The molecule has 1 aliphatic rings. The van der Waals surface area contributed by atoms with Crippen molar-refractivity contribution in [3.05, 3.63) is 29.3 Å². The third-order valence-electron chi connectivity index (χ3n) is 2.65. The van der Waals surface area contributed by atoms with Crippen LogP contribution in [0.4, 0.5) is 0 Å². The first-order valence-electron chi connectivity index (χ1n) is 4.90. The van der Waals surface area contributed by atoms with Crippen molar-refractivity contribution < 1.29 is 22.9 Å². The van der Waals surface area contributed by atoms with Crippen LogP contribution in [0.25, 0.3) is 0 Å². The predicted molar refractivity (Wildman–Crippen MR) is 51.6 cm³/mol. The van der Waals surface area contributed by atoms with E-state index in [2.05, 4.69) is 30.9 Å². The second kappa shape index (κ2) is 4.67. The van der Waals surface area contributed by atoms with Gasteiger partial charge in [0, 0.05) is 6.42 Å². The summed E-state index contributed by atoms with van der Waals surface area (Å²) in [5.74, 6) is 1.03. The molecule has 78 valence electrons. The third kappa shape index (κ3) is 2.02. The normalized spacial score (nSPS) is 19.1. The van der Waals surface area contributed by atoms with Crippen LogP contribution >= 0.6 is 0 Å². The Bertz CT molecular complexity index is 314. The van der Waals surface area contributed by atoms with Gasteiger partial charge in [0.05, 0.1) is 12.2 Å². The highest BCUT2D eigenvalue weighted by molar-refractivity contribution is 5.39. The minimum atomic E-state index is 0. The molecule has 2 rings (SSSR count). The number of hydrogen-bond acceptors (Lipinski definition) is 1. The maximum Gasteiger partial charge on any atom is 0.128 e. The Hall–Kier alpha value is -0.730. The largest absolute Gasteiger partial charge is 1.00 e. The lowest BCUT2D eigenvalue weighted by atomic mass is 9.98. The van der Waals surface area contributed by atoms with E-state index in [4.69, 9.17) is 4.74 Å². The predicted octanol–water partition coefficient (Wildman–Crippen LogP) is -1.68. The first-order chi connectivity index (χ1) is 6.31. The number of ether oxygens (including phenoxy) is 1. The molecule has 0 aromatic heterocycles. The molecule has 0 saturated carbocycles. The van der Waals surface area contributed by atoms with Gasteiger partial charge in [-0.15, -0.1) is 0 Å². The van der Waals surface area contributed by atoms with Gasteiger partial charge in [0.1, 0.15) is 11.8 Å². The molecule has 0 spiro atoms. The van der Waals surface area contributed by atoms with E-state index in [1.54, 1.807) is 0 Å². The van der Waals surface area contributed by atoms with Gasteiger partial charge in [-0.2, -0.15) is 0 Å². The number of quaternary nitrogens is 1. The van der Waals surface area contributed by atoms with Gasteiger partial charge < -0.3 is 22.9 Å². The standard InChI is InChI=1S/C11H15NO.ClH/c1-2-8-3-4-11-9(7-8)10(12)5-6-13-11;/h3-4,7,10H,2,5-6,12H2,1H3;1H. The van der Waals surface area contributed by atoms with Gasteiger partial charge in [-0.1, -0.05) is 13.0 Å². The Labute approximate surface area is 90.9 Å². The monoisotopic (exact) mass is 213 g/mol. The van der Waals surface area contributed by atoms with Gasteiger partial charge in [-0.3, -0.25) is 0 Å². The molecule has 1 heterocycles. The van der Waals surface area contributed by atoms with Crippen LogP contribution in [0.5, 0.6) is 5.75 Å². The van der Waals surface area contributed by atoms with E-state index >= 15 is 0 Å². The maximum absolute atomic E-state index is 5.55. The van der Waals surface area contributed by atoms with Gasteiger partial charge in [-0.05, 0) is 24.1 Å². The van der Waals surface area contributed by atoms with Crippen LogP contribution < -0.4 is 22.9 Å². The van der Waals surface area contributed by atoms with E-state index in [9.17, 15) is 0 Å². The summed E-state index contributed by atoms with van der Waals surface area (Å²) in [7, 11) is 0. The summed E-state index contributed by atoms with van der Waals surface area (Å²) >= 11 is 0. The second-order valence-electron chi connectivity index (χ2n) is 3.56. The molecular weight excluding hydrogens is 198 g/mol. The maximum atomic E-state index is 5.55. The zero-order valence-corrected chi connectivity index (χ0v) is 9.18. The summed E-state index contributed by atoms with van der Waals surface area (Å²) in [6, 6.07) is 6.85. The molecule has 0 saturated heterocycles. The molecule has 0 aliphatic carbocycles. The topological polar surface area (TPSA) is 36.9 Å². The van der Waals surface area contributed by atoms with Crippen molar-refractivity contribution in [1.82, 2.24) is 0 Å². The Balaban J connectivity index is 0.000000980. The molecule has 14 heavy (non-hydrogen) atoms. The van der Waals surface area contributed by atoms with Gasteiger partial charge >= 0.3 is 0 Å². The zero-order chi connectivity index (χ0) is 9.26. The SMILES string of the molecule is CCc1ccc2c(c1)C([NH3+])CCO2.[Cl-]. The number of hydrogen-bond donors (Lipinski definition) is 1. The van der Waals surface area contributed by atoms with Crippen LogP contribution in [-0.4, -0.2) is 6.61 Å². The molecule has 0 radical (unpaired) electrons. The summed E-state index contributed by atoms with van der Waals surface area (Å²) in [4.78, 5) is 0. The van der Waals surface area contributed by atoms with E-state index in [-0.39, 0.29) is 12.4 Å². The number of benzene rings is 1. The Morgan fingerprint density at radius 1 is 1.50 bits per heavy atom. The van der Waals surface area contributed by atoms with Crippen LogP contribution in [-0.2, 0) is 6.42 Å². The zero-order valence-electron chi connectivity index (χ0n) is 8.42. The van der Waals surface area contributed by atoms with E-state index < -0.39 is 0 Å². The van der Waals surface area contributed by atoms with Crippen LogP contribution in [0, 0.1) is 0 Å². The molecule has 0 bridgehead atoms. The Morgan fingerprint density at radius 3 is 3.00 bits per heavy atom. The van der Waals surface area contributed by atoms with Crippen molar-refractivity contribution in [2.75, 3.05) is 6.61 Å². The number of aryl methyl sites for hydroxylation is 1. The minimum absolute atomic E-state index is 0. The molecule has 1 aliphatic heterocycles. The molecule has 1 atom stereocenters. The van der Waals surface area contributed by atoms with Crippen molar-refractivity contribution in [2.45, 2.75) is 25.8 Å². The average Bonchev–Trinajstić information content (AvgIpc) is 2.18. The molecule has 0 amide bonds. The molecule has 2 nitrogen and oxygen atoms in total. The van der Waals surface area contributed by atoms with Gasteiger partial charge in [0.25, 0.3) is 0 Å². The molecule has 1 aromatic rings. The van der Waals surface area contributed by atoms with Gasteiger partial charge in [0.2, 0.25) is 0 Å². The van der Waals surface area contributed by atoms with Crippen LogP contribution in [0.1, 0.15) is 30.5 Å². The Kier molecular flexibility index (Phi) is 3.78. The van der Waals surface area contributed by atoms with Gasteiger partial charge in [-0.25, -0.2) is 0 Å². The lowest BCUT2D eigenvalue weighted by molar-refractivity contribution is -0.430. The van der Waals surface area contributed by atoms with E-state index in [1.165, 1.54) is 11.1 Å². The van der Waals surface area contributed by atoms with Gasteiger partial charge in [0.15, 0.2) is 0 Å². The molecule has 3 heteroatoms. The molecular formula is C11H16ClNO. The average molecular weight is 214 g/mol. The second-order valence-corrected chi connectivity index (χ2v) is 3.56. The molecule has 0 fully saturated rings. The molecule has 3 N–H and O–H groups in total.